The molecule has 2 aromatic carbocycles. The number of rotatable bonds is 4. The third-order valence-corrected chi connectivity index (χ3v) is 3.75. The number of sulfone groups is 1. The summed E-state index contributed by atoms with van der Waals surface area (Å²) >= 11 is 0. The number of nitrogens with one attached hydrogen (secondary N) is 1. The topological polar surface area (TPSA) is 93.2 Å². The summed E-state index contributed by atoms with van der Waals surface area (Å²) in [6.07, 6.45) is 1.13. The van der Waals surface area contributed by atoms with Gasteiger partial charge in [-0.3, -0.25) is 5.41 Å². The molecule has 0 atom stereocenters. The number of para-hydroxylation sites is 1. The fourth-order valence-corrected chi connectivity index (χ4v) is 2.33. The van der Waals surface area contributed by atoms with Crippen LogP contribution in [0.25, 0.3) is 0 Å². The molecule has 0 aromatic heterocycles. The van der Waals surface area contributed by atoms with Crippen LogP contribution >= 0.6 is 0 Å². The van der Waals surface area contributed by atoms with Crippen LogP contribution in [0, 0.1) is 5.41 Å². The molecule has 0 aliphatic rings. The third-order valence-electron chi connectivity index (χ3n) is 2.64. The Morgan fingerprint density at radius 2 is 1.85 bits per heavy atom. The highest BCUT2D eigenvalue weighted by molar-refractivity contribution is 7.90. The van der Waals surface area contributed by atoms with Gasteiger partial charge in [0.25, 0.3) is 0 Å². The molecule has 2 rings (SSSR count). The highest BCUT2D eigenvalue weighted by atomic mass is 32.2. The van der Waals surface area contributed by atoms with Crippen LogP contribution in [0.5, 0.6) is 11.5 Å². The zero-order valence-electron chi connectivity index (χ0n) is 10.8. The van der Waals surface area contributed by atoms with Gasteiger partial charge >= 0.3 is 0 Å². The summed E-state index contributed by atoms with van der Waals surface area (Å²) in [5, 5.41) is 7.49. The normalized spacial score (nSPS) is 11.1. The molecule has 0 radical (unpaired) electrons. The van der Waals surface area contributed by atoms with Crippen molar-refractivity contribution in [3.05, 3.63) is 54.1 Å². The van der Waals surface area contributed by atoms with Gasteiger partial charge in [-0.25, -0.2) is 8.42 Å². The van der Waals surface area contributed by atoms with Gasteiger partial charge in [0.15, 0.2) is 9.84 Å². The molecule has 0 unspecified atom stereocenters. The SMILES string of the molecule is CS(=O)(=O)c1cccc(Oc2ccccc2C(=N)N)c1. The highest BCUT2D eigenvalue weighted by Crippen LogP contribution is 2.26. The van der Waals surface area contributed by atoms with E-state index in [-0.39, 0.29) is 10.7 Å². The van der Waals surface area contributed by atoms with E-state index in [4.69, 9.17) is 15.9 Å². The Bertz CT molecular complexity index is 755. The molecule has 0 saturated heterocycles. The van der Waals surface area contributed by atoms with Crippen LogP contribution in [-0.4, -0.2) is 20.5 Å². The molecule has 20 heavy (non-hydrogen) atoms. The smallest absolute Gasteiger partial charge is 0.175 e. The van der Waals surface area contributed by atoms with Gasteiger partial charge in [-0.15, -0.1) is 0 Å². The molecule has 5 nitrogen and oxygen atoms in total. The van der Waals surface area contributed by atoms with Crippen LogP contribution in [0.4, 0.5) is 0 Å². The molecule has 0 amide bonds. The third kappa shape index (κ3) is 3.16. The van der Waals surface area contributed by atoms with Crippen LogP contribution in [0.15, 0.2) is 53.4 Å². The average molecular weight is 290 g/mol. The Kier molecular flexibility index (Phi) is 3.76. The zero-order chi connectivity index (χ0) is 14.8. The van der Waals surface area contributed by atoms with Gasteiger partial charge in [0.05, 0.1) is 10.5 Å². The number of benzene rings is 2. The monoisotopic (exact) mass is 290 g/mol. The van der Waals surface area contributed by atoms with Crippen molar-refractivity contribution >= 4 is 15.7 Å². The molecule has 0 saturated carbocycles. The van der Waals surface area contributed by atoms with Crippen molar-refractivity contribution in [3.63, 3.8) is 0 Å². The maximum atomic E-state index is 11.5. The second-order valence-electron chi connectivity index (χ2n) is 4.26. The molecule has 104 valence electrons. The fraction of sp³-hybridized carbons (Fsp3) is 0.0714. The lowest BCUT2D eigenvalue weighted by atomic mass is 10.2. The predicted octanol–water partition coefficient (Wildman–Crippen LogP) is 2.17. The van der Waals surface area contributed by atoms with E-state index in [9.17, 15) is 8.42 Å². The zero-order valence-corrected chi connectivity index (χ0v) is 11.6. The summed E-state index contributed by atoms with van der Waals surface area (Å²) in [5.41, 5.74) is 5.93. The quantitative estimate of drug-likeness (QED) is 0.666. The summed E-state index contributed by atoms with van der Waals surface area (Å²) in [4.78, 5) is 0.176. The summed E-state index contributed by atoms with van der Waals surface area (Å²) in [6.45, 7) is 0. The van der Waals surface area contributed by atoms with E-state index in [0.29, 0.717) is 17.1 Å². The van der Waals surface area contributed by atoms with Gasteiger partial charge in [-0.2, -0.15) is 0 Å². The van der Waals surface area contributed by atoms with Crippen molar-refractivity contribution < 1.29 is 13.2 Å². The minimum atomic E-state index is -3.29. The molecule has 3 N–H and O–H groups in total. The van der Waals surface area contributed by atoms with E-state index < -0.39 is 9.84 Å². The van der Waals surface area contributed by atoms with E-state index >= 15 is 0 Å². The van der Waals surface area contributed by atoms with Gasteiger partial charge in [0.1, 0.15) is 17.3 Å². The van der Waals surface area contributed by atoms with Crippen molar-refractivity contribution in [2.45, 2.75) is 4.90 Å². The number of nitrogen functional groups attached to an aromatic ring is 1. The maximum Gasteiger partial charge on any atom is 0.175 e. The first-order valence-electron chi connectivity index (χ1n) is 5.79. The van der Waals surface area contributed by atoms with Gasteiger partial charge < -0.3 is 10.5 Å². The molecular formula is C14H14N2O3S. The van der Waals surface area contributed by atoms with Crippen molar-refractivity contribution in [2.75, 3.05) is 6.26 Å². The Hall–Kier alpha value is -2.34. The first-order chi connectivity index (χ1) is 9.38. The Morgan fingerprint density at radius 1 is 1.15 bits per heavy atom. The first-order valence-corrected chi connectivity index (χ1v) is 7.68. The first kappa shape index (κ1) is 14.1. The maximum absolute atomic E-state index is 11.5. The van der Waals surface area contributed by atoms with E-state index in [1.54, 1.807) is 36.4 Å². The summed E-state index contributed by atoms with van der Waals surface area (Å²) in [7, 11) is -3.29. The Morgan fingerprint density at radius 3 is 2.50 bits per heavy atom. The molecule has 0 bridgehead atoms. The Labute approximate surface area is 117 Å². The average Bonchev–Trinajstić information content (AvgIpc) is 2.38. The second-order valence-corrected chi connectivity index (χ2v) is 6.27. The van der Waals surface area contributed by atoms with Crippen LogP contribution in [0.1, 0.15) is 5.56 Å². The summed E-state index contributed by atoms with van der Waals surface area (Å²) in [5.74, 6) is 0.673. The molecule has 0 spiro atoms. The van der Waals surface area contributed by atoms with Crippen LogP contribution in [0.2, 0.25) is 0 Å². The number of hydrogen-bond donors (Lipinski definition) is 2. The van der Waals surface area contributed by atoms with Crippen molar-refractivity contribution in [2.24, 2.45) is 5.73 Å². The van der Waals surface area contributed by atoms with Crippen LogP contribution in [-0.2, 0) is 9.84 Å². The molecule has 2 aromatic rings. The minimum absolute atomic E-state index is 0.111. The molecule has 0 heterocycles. The lowest BCUT2D eigenvalue weighted by Gasteiger charge is -2.10. The van der Waals surface area contributed by atoms with Gasteiger partial charge in [0.2, 0.25) is 0 Å². The molecule has 0 fully saturated rings. The number of ether oxygens (including phenoxy) is 1. The molecular weight excluding hydrogens is 276 g/mol. The lowest BCUT2D eigenvalue weighted by Crippen LogP contribution is -2.12. The summed E-state index contributed by atoms with van der Waals surface area (Å²) < 4.78 is 28.6. The molecule has 0 aliphatic heterocycles. The van der Waals surface area contributed by atoms with E-state index in [2.05, 4.69) is 0 Å². The van der Waals surface area contributed by atoms with Gasteiger partial charge in [-0.1, -0.05) is 18.2 Å². The minimum Gasteiger partial charge on any atom is -0.457 e. The largest absolute Gasteiger partial charge is 0.457 e. The van der Waals surface area contributed by atoms with Crippen molar-refractivity contribution in [3.8, 4) is 11.5 Å². The number of nitrogens with two attached hydrogens (primary N) is 1. The van der Waals surface area contributed by atoms with Crippen LogP contribution < -0.4 is 10.5 Å². The predicted molar refractivity (Wildman–Crippen MR) is 77.1 cm³/mol. The van der Waals surface area contributed by atoms with E-state index in [1.807, 2.05) is 0 Å². The fourth-order valence-electron chi connectivity index (χ4n) is 1.67. The number of hydrogen-bond acceptors (Lipinski definition) is 4. The molecule has 6 heteroatoms. The van der Waals surface area contributed by atoms with Crippen LogP contribution in [0.3, 0.4) is 0 Å². The number of amidine groups is 1. The van der Waals surface area contributed by atoms with Gasteiger partial charge in [-0.05, 0) is 30.3 Å². The lowest BCUT2D eigenvalue weighted by molar-refractivity contribution is 0.479. The summed E-state index contributed by atoms with van der Waals surface area (Å²) in [6, 6.07) is 13.0. The molecule has 0 aliphatic carbocycles. The second kappa shape index (κ2) is 5.34. The van der Waals surface area contributed by atoms with Gasteiger partial charge in [0, 0.05) is 6.26 Å². The standard InChI is InChI=1S/C14H14N2O3S/c1-20(17,18)11-6-4-5-10(9-11)19-13-8-3-2-7-12(13)14(15)16/h2-9H,1H3,(H3,15,16). The highest BCUT2D eigenvalue weighted by Gasteiger charge is 2.10. The van der Waals surface area contributed by atoms with E-state index in [0.717, 1.165) is 6.26 Å². The Balaban J connectivity index is 2.39. The van der Waals surface area contributed by atoms with Crippen molar-refractivity contribution in [1.29, 1.82) is 5.41 Å². The van der Waals surface area contributed by atoms with Crippen molar-refractivity contribution in [1.82, 2.24) is 0 Å². The van der Waals surface area contributed by atoms with E-state index in [1.165, 1.54) is 12.1 Å².